The van der Waals surface area contributed by atoms with Crippen molar-refractivity contribution in [2.24, 2.45) is 0 Å². The Balaban J connectivity index is 2.80. The molecular formula is C11H13NO3. The fourth-order valence-electron chi connectivity index (χ4n) is 1.12. The topological polar surface area (TPSA) is 52.4 Å². The highest BCUT2D eigenvalue weighted by Gasteiger charge is 2.06. The molecule has 0 fully saturated rings. The van der Waals surface area contributed by atoms with Gasteiger partial charge in [-0.05, 0) is 26.0 Å². The smallest absolute Gasteiger partial charge is 0.269 e. The number of rotatable bonds is 4. The molecule has 0 saturated carbocycles. The van der Waals surface area contributed by atoms with Gasteiger partial charge in [-0.3, -0.25) is 10.1 Å². The Bertz CT molecular complexity index is 368. The normalized spacial score (nSPS) is 10.1. The van der Waals surface area contributed by atoms with Crippen molar-refractivity contribution in [3.05, 3.63) is 46.5 Å². The van der Waals surface area contributed by atoms with E-state index in [4.69, 9.17) is 4.74 Å². The van der Waals surface area contributed by atoms with Gasteiger partial charge in [-0.1, -0.05) is 6.58 Å². The van der Waals surface area contributed by atoms with Crippen molar-refractivity contribution in [1.82, 2.24) is 0 Å². The largest absolute Gasteiger partial charge is 0.491 e. The third-order valence-electron chi connectivity index (χ3n) is 1.78. The van der Waals surface area contributed by atoms with Gasteiger partial charge >= 0.3 is 0 Å². The lowest BCUT2D eigenvalue weighted by atomic mass is 10.2. The molecule has 0 atom stereocenters. The molecular weight excluding hydrogens is 194 g/mol. The first-order valence-corrected chi connectivity index (χ1v) is 4.61. The van der Waals surface area contributed by atoms with Crippen molar-refractivity contribution in [3.63, 3.8) is 0 Å². The Morgan fingerprint density at radius 1 is 1.40 bits per heavy atom. The van der Waals surface area contributed by atoms with E-state index in [0.29, 0.717) is 5.76 Å². The molecule has 1 aromatic rings. The maximum absolute atomic E-state index is 10.4. The maximum Gasteiger partial charge on any atom is 0.269 e. The Morgan fingerprint density at radius 3 is 2.33 bits per heavy atom. The summed E-state index contributed by atoms with van der Waals surface area (Å²) in [5.74, 6) is 0.528. The summed E-state index contributed by atoms with van der Waals surface area (Å²) in [4.78, 5) is 9.98. The van der Waals surface area contributed by atoms with E-state index in [2.05, 4.69) is 6.58 Å². The van der Waals surface area contributed by atoms with Crippen LogP contribution in [0.15, 0.2) is 30.8 Å². The van der Waals surface area contributed by atoms with Crippen LogP contribution in [0.4, 0.5) is 5.69 Å². The van der Waals surface area contributed by atoms with Gasteiger partial charge in [0.1, 0.15) is 5.76 Å². The Labute approximate surface area is 88.3 Å². The van der Waals surface area contributed by atoms with Gasteiger partial charge in [0.15, 0.2) is 0 Å². The minimum absolute atomic E-state index is 0.0488. The quantitative estimate of drug-likeness (QED) is 0.433. The van der Waals surface area contributed by atoms with Gasteiger partial charge in [0, 0.05) is 17.7 Å². The summed E-state index contributed by atoms with van der Waals surface area (Å²) in [6.07, 6.45) is 0.0488. The van der Waals surface area contributed by atoms with Crippen LogP contribution >= 0.6 is 0 Å². The van der Waals surface area contributed by atoms with Gasteiger partial charge in [0.05, 0.1) is 11.0 Å². The SMILES string of the molecule is C=C(OC(C)C)c1ccc([N+](=O)[O-])cc1. The zero-order valence-corrected chi connectivity index (χ0v) is 8.77. The molecule has 0 amide bonds. The fourth-order valence-corrected chi connectivity index (χ4v) is 1.12. The minimum Gasteiger partial charge on any atom is -0.491 e. The molecule has 0 N–H and O–H groups in total. The lowest BCUT2D eigenvalue weighted by molar-refractivity contribution is -0.384. The predicted octanol–water partition coefficient (Wildman–Crippen LogP) is 2.99. The van der Waals surface area contributed by atoms with Crippen LogP contribution in [0.3, 0.4) is 0 Å². The summed E-state index contributed by atoms with van der Waals surface area (Å²) < 4.78 is 5.37. The molecule has 80 valence electrons. The van der Waals surface area contributed by atoms with E-state index >= 15 is 0 Å². The van der Waals surface area contributed by atoms with Gasteiger partial charge in [-0.2, -0.15) is 0 Å². The standard InChI is InChI=1S/C11H13NO3/c1-8(2)15-9(3)10-4-6-11(7-5-10)12(13)14/h4-8H,3H2,1-2H3. The number of ether oxygens (including phenoxy) is 1. The monoisotopic (exact) mass is 207 g/mol. The first-order chi connectivity index (χ1) is 7.00. The Kier molecular flexibility index (Phi) is 3.44. The molecule has 0 aliphatic heterocycles. The minimum atomic E-state index is -0.435. The molecule has 0 aliphatic rings. The average Bonchev–Trinajstić information content (AvgIpc) is 2.17. The van der Waals surface area contributed by atoms with Gasteiger partial charge in [0.2, 0.25) is 0 Å². The van der Waals surface area contributed by atoms with E-state index in [-0.39, 0.29) is 11.8 Å². The zero-order chi connectivity index (χ0) is 11.4. The third kappa shape index (κ3) is 3.09. The van der Waals surface area contributed by atoms with Crippen molar-refractivity contribution in [1.29, 1.82) is 0 Å². The van der Waals surface area contributed by atoms with Gasteiger partial charge < -0.3 is 4.74 Å². The number of non-ortho nitro benzene ring substituents is 1. The summed E-state index contributed by atoms with van der Waals surface area (Å²) in [6.45, 7) is 7.55. The van der Waals surface area contributed by atoms with Crippen LogP contribution in [-0.4, -0.2) is 11.0 Å². The van der Waals surface area contributed by atoms with Crippen LogP contribution in [0.1, 0.15) is 19.4 Å². The van der Waals surface area contributed by atoms with Crippen molar-refractivity contribution in [2.45, 2.75) is 20.0 Å². The molecule has 0 aliphatic carbocycles. The van der Waals surface area contributed by atoms with E-state index in [1.165, 1.54) is 12.1 Å². The Hall–Kier alpha value is -1.84. The molecule has 4 nitrogen and oxygen atoms in total. The molecule has 0 radical (unpaired) electrons. The van der Waals surface area contributed by atoms with Crippen LogP contribution in [0.5, 0.6) is 0 Å². The second-order valence-corrected chi connectivity index (χ2v) is 3.39. The lowest BCUT2D eigenvalue weighted by Crippen LogP contribution is -2.00. The summed E-state index contributed by atoms with van der Waals surface area (Å²) in [5.41, 5.74) is 0.824. The van der Waals surface area contributed by atoms with Crippen LogP contribution < -0.4 is 0 Å². The molecule has 0 aromatic heterocycles. The summed E-state index contributed by atoms with van der Waals surface area (Å²) >= 11 is 0. The average molecular weight is 207 g/mol. The van der Waals surface area contributed by atoms with E-state index < -0.39 is 4.92 Å². The van der Waals surface area contributed by atoms with E-state index in [9.17, 15) is 10.1 Å². The summed E-state index contributed by atoms with van der Waals surface area (Å²) in [6, 6.07) is 6.13. The number of nitro groups is 1. The molecule has 1 rings (SSSR count). The van der Waals surface area contributed by atoms with E-state index in [1.54, 1.807) is 12.1 Å². The third-order valence-corrected chi connectivity index (χ3v) is 1.78. The highest BCUT2D eigenvalue weighted by Crippen LogP contribution is 2.19. The highest BCUT2D eigenvalue weighted by molar-refractivity contribution is 5.58. The molecule has 0 heterocycles. The van der Waals surface area contributed by atoms with Gasteiger partial charge in [-0.25, -0.2) is 0 Å². The van der Waals surface area contributed by atoms with Crippen LogP contribution in [0, 0.1) is 10.1 Å². The second kappa shape index (κ2) is 4.59. The van der Waals surface area contributed by atoms with E-state index in [1.807, 2.05) is 13.8 Å². The van der Waals surface area contributed by atoms with Gasteiger partial charge in [0.25, 0.3) is 5.69 Å². The molecule has 15 heavy (non-hydrogen) atoms. The van der Waals surface area contributed by atoms with Crippen molar-refractivity contribution in [3.8, 4) is 0 Å². The molecule has 0 bridgehead atoms. The number of benzene rings is 1. The van der Waals surface area contributed by atoms with Gasteiger partial charge in [-0.15, -0.1) is 0 Å². The number of nitro benzene ring substituents is 1. The summed E-state index contributed by atoms with van der Waals surface area (Å²) in [5, 5.41) is 10.4. The van der Waals surface area contributed by atoms with Crippen LogP contribution in [0.25, 0.3) is 5.76 Å². The first-order valence-electron chi connectivity index (χ1n) is 4.61. The molecule has 0 saturated heterocycles. The van der Waals surface area contributed by atoms with E-state index in [0.717, 1.165) is 5.56 Å². The first kappa shape index (κ1) is 11.2. The maximum atomic E-state index is 10.4. The second-order valence-electron chi connectivity index (χ2n) is 3.39. The molecule has 0 spiro atoms. The number of hydrogen-bond donors (Lipinski definition) is 0. The molecule has 0 unspecified atom stereocenters. The van der Waals surface area contributed by atoms with Crippen LogP contribution in [-0.2, 0) is 4.74 Å². The van der Waals surface area contributed by atoms with Crippen molar-refractivity contribution in [2.75, 3.05) is 0 Å². The summed E-state index contributed by atoms with van der Waals surface area (Å²) in [7, 11) is 0. The Morgan fingerprint density at radius 2 is 1.93 bits per heavy atom. The number of hydrogen-bond acceptors (Lipinski definition) is 3. The molecule has 4 heteroatoms. The predicted molar refractivity (Wildman–Crippen MR) is 58.4 cm³/mol. The van der Waals surface area contributed by atoms with Crippen LogP contribution in [0.2, 0.25) is 0 Å². The molecule has 1 aromatic carbocycles. The lowest BCUT2D eigenvalue weighted by Gasteiger charge is -2.11. The highest BCUT2D eigenvalue weighted by atomic mass is 16.6. The van der Waals surface area contributed by atoms with Crippen molar-refractivity contribution < 1.29 is 9.66 Å². The number of nitrogens with zero attached hydrogens (tertiary/aromatic N) is 1. The zero-order valence-electron chi connectivity index (χ0n) is 8.77. The van der Waals surface area contributed by atoms with Crippen molar-refractivity contribution >= 4 is 11.4 Å². The fraction of sp³-hybridized carbons (Fsp3) is 0.273.